The van der Waals surface area contributed by atoms with Crippen LogP contribution in [0.25, 0.3) is 0 Å². The van der Waals surface area contributed by atoms with Crippen molar-refractivity contribution in [1.82, 2.24) is 5.32 Å². The van der Waals surface area contributed by atoms with Crippen molar-refractivity contribution in [3.8, 4) is 5.75 Å². The predicted molar refractivity (Wildman–Crippen MR) is 155 cm³/mol. The Morgan fingerprint density at radius 2 is 1.55 bits per heavy atom. The third kappa shape index (κ3) is 7.72. The average molecular weight is 544 g/mol. The van der Waals surface area contributed by atoms with E-state index in [4.69, 9.17) is 9.47 Å². The summed E-state index contributed by atoms with van der Waals surface area (Å²) >= 11 is 0. The third-order valence-electron chi connectivity index (χ3n) is 8.44. The van der Waals surface area contributed by atoms with Gasteiger partial charge in [0.1, 0.15) is 12.4 Å². The van der Waals surface area contributed by atoms with E-state index < -0.39 is 6.10 Å². The summed E-state index contributed by atoms with van der Waals surface area (Å²) in [4.78, 5) is 13.1. The van der Waals surface area contributed by atoms with Gasteiger partial charge < -0.3 is 25.0 Å². The zero-order chi connectivity index (χ0) is 27.7. The van der Waals surface area contributed by atoms with Crippen LogP contribution in [-0.2, 0) is 29.2 Å². The lowest BCUT2D eigenvalue weighted by atomic mass is 9.68. The lowest BCUT2D eigenvalue weighted by molar-refractivity contribution is -0.131. The summed E-state index contributed by atoms with van der Waals surface area (Å²) in [5, 5.41) is 24.2. The molecule has 212 valence electrons. The van der Waals surface area contributed by atoms with E-state index in [0.29, 0.717) is 43.6 Å². The lowest BCUT2D eigenvalue weighted by Gasteiger charge is -2.41. The third-order valence-corrected chi connectivity index (χ3v) is 8.44. The first kappa shape index (κ1) is 28.3. The van der Waals surface area contributed by atoms with Crippen molar-refractivity contribution in [3.05, 3.63) is 101 Å². The van der Waals surface area contributed by atoms with Gasteiger partial charge in [-0.3, -0.25) is 4.79 Å². The quantitative estimate of drug-likeness (QED) is 0.278. The Balaban J connectivity index is 1.22. The van der Waals surface area contributed by atoms with Gasteiger partial charge in [-0.1, -0.05) is 66.7 Å². The number of benzene rings is 3. The molecule has 2 aliphatic rings. The Kier molecular flexibility index (Phi) is 9.87. The van der Waals surface area contributed by atoms with E-state index in [1.807, 2.05) is 72.8 Å². The molecule has 3 aromatic rings. The molecule has 3 aromatic carbocycles. The zero-order valence-electron chi connectivity index (χ0n) is 23.1. The van der Waals surface area contributed by atoms with E-state index in [2.05, 4.69) is 5.32 Å². The second kappa shape index (κ2) is 13.9. The molecule has 3 unspecified atom stereocenters. The molecule has 0 aromatic heterocycles. The summed E-state index contributed by atoms with van der Waals surface area (Å²) in [5.41, 5.74) is 3.62. The standard InChI is InChI=1S/C34H41NO5/c36-31-15-12-26-11-14-30(20-29(26)21-31)35-34(38)33(37)28-13-16-32(40-23-25-9-5-2-6-10-25)27(19-28)17-18-39-22-24-7-3-1-4-8-24/h1-10,13,16,19,26,29-31,33,36-37H,11-12,14-15,17-18,20-23H2,(H,35,38)/t26?,29?,30-,31?,33-/m0/s1. The van der Waals surface area contributed by atoms with E-state index in [0.717, 1.165) is 61.0 Å². The molecule has 0 radical (unpaired) electrons. The fourth-order valence-electron chi connectivity index (χ4n) is 6.22. The molecular weight excluding hydrogens is 502 g/mol. The van der Waals surface area contributed by atoms with Gasteiger partial charge in [0.05, 0.1) is 19.3 Å². The topological polar surface area (TPSA) is 88.0 Å². The van der Waals surface area contributed by atoms with Crippen molar-refractivity contribution in [2.75, 3.05) is 6.61 Å². The summed E-state index contributed by atoms with van der Waals surface area (Å²) in [6.45, 7) is 1.44. The van der Waals surface area contributed by atoms with Crippen molar-refractivity contribution in [2.24, 2.45) is 11.8 Å². The number of rotatable bonds is 11. The fraction of sp³-hybridized carbons (Fsp3) is 0.441. The van der Waals surface area contributed by atoms with Gasteiger partial charge in [0, 0.05) is 6.04 Å². The molecule has 2 saturated carbocycles. The number of fused-ring (bicyclic) bond motifs is 1. The zero-order valence-corrected chi connectivity index (χ0v) is 23.1. The van der Waals surface area contributed by atoms with E-state index in [-0.39, 0.29) is 18.1 Å². The van der Waals surface area contributed by atoms with Gasteiger partial charge in [-0.25, -0.2) is 0 Å². The first-order valence-corrected chi connectivity index (χ1v) is 14.6. The maximum Gasteiger partial charge on any atom is 0.253 e. The number of aliphatic hydroxyl groups is 2. The van der Waals surface area contributed by atoms with Crippen LogP contribution in [0.2, 0.25) is 0 Å². The molecule has 0 bridgehead atoms. The van der Waals surface area contributed by atoms with Crippen molar-refractivity contribution >= 4 is 5.91 Å². The molecule has 0 saturated heterocycles. The van der Waals surface area contributed by atoms with Crippen molar-refractivity contribution in [3.63, 3.8) is 0 Å². The van der Waals surface area contributed by atoms with Gasteiger partial charge in [-0.2, -0.15) is 0 Å². The number of carbonyl (C=O) groups excluding carboxylic acids is 1. The van der Waals surface area contributed by atoms with Crippen LogP contribution in [0, 0.1) is 11.8 Å². The minimum atomic E-state index is -1.26. The van der Waals surface area contributed by atoms with E-state index in [9.17, 15) is 15.0 Å². The molecule has 2 fully saturated rings. The largest absolute Gasteiger partial charge is 0.489 e. The van der Waals surface area contributed by atoms with Crippen LogP contribution in [0.4, 0.5) is 0 Å². The van der Waals surface area contributed by atoms with E-state index in [1.165, 1.54) is 0 Å². The highest BCUT2D eigenvalue weighted by atomic mass is 16.5. The molecule has 6 nitrogen and oxygen atoms in total. The van der Waals surface area contributed by atoms with Crippen molar-refractivity contribution < 1.29 is 24.5 Å². The fourth-order valence-corrected chi connectivity index (χ4v) is 6.22. The number of amides is 1. The summed E-state index contributed by atoms with van der Waals surface area (Å²) in [6, 6.07) is 25.5. The second-order valence-corrected chi connectivity index (χ2v) is 11.3. The predicted octanol–water partition coefficient (Wildman–Crippen LogP) is 5.50. The summed E-state index contributed by atoms with van der Waals surface area (Å²) in [7, 11) is 0. The highest BCUT2D eigenvalue weighted by Gasteiger charge is 2.36. The summed E-state index contributed by atoms with van der Waals surface area (Å²) in [6.07, 6.45) is 4.75. The van der Waals surface area contributed by atoms with Gasteiger partial charge in [-0.05, 0) is 91.2 Å². The van der Waals surface area contributed by atoms with Crippen molar-refractivity contribution in [2.45, 2.75) is 76.4 Å². The van der Waals surface area contributed by atoms with Crippen LogP contribution in [0.3, 0.4) is 0 Å². The maximum absolute atomic E-state index is 13.1. The highest BCUT2D eigenvalue weighted by molar-refractivity contribution is 5.82. The van der Waals surface area contributed by atoms with Crippen LogP contribution in [0.15, 0.2) is 78.9 Å². The number of nitrogens with one attached hydrogen (secondary N) is 1. The van der Waals surface area contributed by atoms with Crippen LogP contribution in [0.1, 0.15) is 66.9 Å². The highest BCUT2D eigenvalue weighted by Crippen LogP contribution is 2.40. The summed E-state index contributed by atoms with van der Waals surface area (Å²) in [5.74, 6) is 1.45. The molecule has 1 amide bonds. The van der Waals surface area contributed by atoms with Gasteiger partial charge in [-0.15, -0.1) is 0 Å². The first-order valence-electron chi connectivity index (χ1n) is 14.6. The SMILES string of the molecule is O=C(N[C@H]1CCC2CCC(O)CC2C1)[C@@H](O)c1ccc(OCc2ccccc2)c(CCOCc2ccccc2)c1. The molecule has 6 heteroatoms. The molecule has 5 atom stereocenters. The molecule has 2 aliphatic carbocycles. The second-order valence-electron chi connectivity index (χ2n) is 11.3. The molecule has 0 heterocycles. The van der Waals surface area contributed by atoms with Gasteiger partial charge in [0.25, 0.3) is 5.91 Å². The normalized spacial score (nSPS) is 23.1. The van der Waals surface area contributed by atoms with Gasteiger partial charge >= 0.3 is 0 Å². The number of aliphatic hydroxyl groups excluding tert-OH is 2. The van der Waals surface area contributed by atoms with Crippen LogP contribution >= 0.6 is 0 Å². The van der Waals surface area contributed by atoms with E-state index in [1.54, 1.807) is 6.07 Å². The minimum absolute atomic E-state index is 0.0352. The maximum atomic E-state index is 13.1. The van der Waals surface area contributed by atoms with Crippen molar-refractivity contribution in [1.29, 1.82) is 0 Å². The lowest BCUT2D eigenvalue weighted by Crippen LogP contribution is -2.44. The monoisotopic (exact) mass is 543 g/mol. The first-order chi connectivity index (χ1) is 19.5. The smallest absolute Gasteiger partial charge is 0.253 e. The number of ether oxygens (including phenoxy) is 2. The Morgan fingerprint density at radius 3 is 2.30 bits per heavy atom. The van der Waals surface area contributed by atoms with E-state index >= 15 is 0 Å². The Morgan fingerprint density at radius 1 is 0.850 bits per heavy atom. The molecular formula is C34H41NO5. The van der Waals surface area contributed by atoms with Crippen LogP contribution < -0.4 is 10.1 Å². The molecule has 0 spiro atoms. The minimum Gasteiger partial charge on any atom is -0.489 e. The molecule has 3 N–H and O–H groups in total. The Labute approximate surface area is 237 Å². The number of hydrogen-bond donors (Lipinski definition) is 3. The Bertz CT molecular complexity index is 1220. The van der Waals surface area contributed by atoms with Gasteiger partial charge in [0.2, 0.25) is 0 Å². The average Bonchev–Trinajstić information content (AvgIpc) is 2.99. The molecule has 40 heavy (non-hydrogen) atoms. The molecule has 5 rings (SSSR count). The number of hydrogen-bond acceptors (Lipinski definition) is 5. The van der Waals surface area contributed by atoms with Gasteiger partial charge in [0.15, 0.2) is 6.10 Å². The Hall–Kier alpha value is -3.19. The van der Waals surface area contributed by atoms with Crippen LogP contribution in [0.5, 0.6) is 5.75 Å². The van der Waals surface area contributed by atoms with Crippen LogP contribution in [-0.4, -0.2) is 34.9 Å². The molecule has 0 aliphatic heterocycles. The summed E-state index contributed by atoms with van der Waals surface area (Å²) < 4.78 is 12.1. The number of carbonyl (C=O) groups is 1.